The van der Waals surface area contributed by atoms with Gasteiger partial charge in [0.1, 0.15) is 12.1 Å². The minimum Gasteiger partial charge on any atom is -0.467 e. The fourth-order valence-corrected chi connectivity index (χ4v) is 7.01. The highest BCUT2D eigenvalue weighted by Crippen LogP contribution is 2.64. The lowest BCUT2D eigenvalue weighted by molar-refractivity contribution is -0.150. The third kappa shape index (κ3) is 3.51. The minimum atomic E-state index is -0.514. The summed E-state index contributed by atoms with van der Waals surface area (Å²) >= 11 is 6.04. The second-order valence-corrected chi connectivity index (χ2v) is 10.5. The van der Waals surface area contributed by atoms with Gasteiger partial charge in [0.05, 0.1) is 29.4 Å². The molecule has 4 fully saturated rings. The van der Waals surface area contributed by atoms with Crippen LogP contribution in [0, 0.1) is 17.3 Å². The topological polar surface area (TPSA) is 120 Å². The average molecular weight is 484 g/mol. The van der Waals surface area contributed by atoms with E-state index in [0.29, 0.717) is 29.7 Å². The van der Waals surface area contributed by atoms with Crippen LogP contribution in [0.4, 0.5) is 5.69 Å². The van der Waals surface area contributed by atoms with Crippen molar-refractivity contribution in [2.75, 3.05) is 5.32 Å². The summed E-state index contributed by atoms with van der Waals surface area (Å²) in [5, 5.41) is 14.8. The van der Waals surface area contributed by atoms with Gasteiger partial charge in [0.15, 0.2) is 5.69 Å². The van der Waals surface area contributed by atoms with Gasteiger partial charge in [-0.1, -0.05) is 0 Å². The molecule has 0 radical (unpaired) electrons. The number of carbonyl (C=O) groups is 2. The molecule has 3 aromatic heterocycles. The number of rotatable bonds is 6. The van der Waals surface area contributed by atoms with E-state index < -0.39 is 5.41 Å². The molecule has 4 aliphatic carbocycles. The summed E-state index contributed by atoms with van der Waals surface area (Å²) in [6, 6.07) is 3.55. The highest BCUT2D eigenvalue weighted by atomic mass is 35.5. The molecule has 178 valence electrons. The van der Waals surface area contributed by atoms with Crippen molar-refractivity contribution in [2.45, 2.75) is 50.6 Å². The molecule has 3 heterocycles. The summed E-state index contributed by atoms with van der Waals surface area (Å²) < 4.78 is 8.71. The molecule has 34 heavy (non-hydrogen) atoms. The lowest BCUT2D eigenvalue weighted by Crippen LogP contribution is -2.60. The Labute approximate surface area is 201 Å². The van der Waals surface area contributed by atoms with E-state index in [0.717, 1.165) is 32.1 Å². The van der Waals surface area contributed by atoms with E-state index in [1.54, 1.807) is 38.0 Å². The van der Waals surface area contributed by atoms with E-state index in [4.69, 9.17) is 16.0 Å². The number of halogens is 1. The maximum absolute atomic E-state index is 13.8. The van der Waals surface area contributed by atoms with Crippen molar-refractivity contribution in [2.24, 2.45) is 24.3 Å². The monoisotopic (exact) mass is 483 g/mol. The lowest BCUT2D eigenvalue weighted by atomic mass is 9.46. The van der Waals surface area contributed by atoms with Crippen molar-refractivity contribution in [3.05, 3.63) is 47.7 Å². The number of nitrogens with one attached hydrogen (secondary N) is 2. The summed E-state index contributed by atoms with van der Waals surface area (Å²) in [5.74, 6) is 1.14. The zero-order chi connectivity index (χ0) is 23.5. The third-order valence-corrected chi connectivity index (χ3v) is 7.93. The van der Waals surface area contributed by atoms with Gasteiger partial charge >= 0.3 is 0 Å². The van der Waals surface area contributed by atoms with Gasteiger partial charge < -0.3 is 15.1 Å². The Morgan fingerprint density at radius 2 is 2.03 bits per heavy atom. The number of hydrogen-bond acceptors (Lipinski definition) is 6. The largest absolute Gasteiger partial charge is 0.467 e. The van der Waals surface area contributed by atoms with Crippen molar-refractivity contribution < 1.29 is 14.0 Å². The number of aryl methyl sites for hydroxylation is 1. The van der Waals surface area contributed by atoms with E-state index in [9.17, 15) is 9.59 Å². The second kappa shape index (κ2) is 7.69. The Morgan fingerprint density at radius 3 is 2.71 bits per heavy atom. The zero-order valence-corrected chi connectivity index (χ0v) is 19.6. The first-order valence-electron chi connectivity index (χ1n) is 11.6. The SMILES string of the molecule is Cn1cc(NC(=O)C23CC4CC(C2)CC(n2cnc(Cl)n2)(C4)C3)c(C(=O)NCc2ccco2)n1. The first-order chi connectivity index (χ1) is 16.3. The molecule has 2 amide bonds. The molecule has 0 saturated heterocycles. The number of furan rings is 1. The first-order valence-corrected chi connectivity index (χ1v) is 12.0. The van der Waals surface area contributed by atoms with Crippen LogP contribution in [-0.4, -0.2) is 36.4 Å². The van der Waals surface area contributed by atoms with Crippen LogP contribution < -0.4 is 10.6 Å². The van der Waals surface area contributed by atoms with Gasteiger partial charge in [0.25, 0.3) is 5.91 Å². The van der Waals surface area contributed by atoms with E-state index >= 15 is 0 Å². The molecule has 10 nitrogen and oxygen atoms in total. The van der Waals surface area contributed by atoms with E-state index in [2.05, 4.69) is 25.8 Å². The summed E-state index contributed by atoms with van der Waals surface area (Å²) in [4.78, 5) is 30.8. The Balaban J connectivity index is 1.24. The van der Waals surface area contributed by atoms with Crippen LogP contribution in [0.5, 0.6) is 0 Å². The van der Waals surface area contributed by atoms with Crippen molar-refractivity contribution in [3.8, 4) is 0 Å². The molecular formula is C23H26ClN7O3. The Morgan fingerprint density at radius 1 is 1.24 bits per heavy atom. The van der Waals surface area contributed by atoms with Crippen LogP contribution in [0.3, 0.4) is 0 Å². The summed E-state index contributed by atoms with van der Waals surface area (Å²) in [6.45, 7) is 0.242. The van der Waals surface area contributed by atoms with Crippen LogP contribution >= 0.6 is 11.6 Å². The Hall–Kier alpha value is -3.14. The maximum atomic E-state index is 13.8. The number of hydrogen-bond donors (Lipinski definition) is 2. The molecule has 0 aliphatic heterocycles. The number of carbonyl (C=O) groups excluding carboxylic acids is 2. The van der Waals surface area contributed by atoms with Crippen LogP contribution in [0.2, 0.25) is 5.28 Å². The van der Waals surface area contributed by atoms with Crippen molar-refractivity contribution in [1.82, 2.24) is 29.9 Å². The molecule has 4 saturated carbocycles. The highest BCUT2D eigenvalue weighted by molar-refractivity contribution is 6.28. The molecule has 2 unspecified atom stereocenters. The smallest absolute Gasteiger partial charge is 0.274 e. The average Bonchev–Trinajstić information content (AvgIpc) is 3.53. The molecule has 3 aromatic rings. The number of aromatic nitrogens is 5. The predicted molar refractivity (Wildman–Crippen MR) is 122 cm³/mol. The van der Waals surface area contributed by atoms with Crippen LogP contribution in [-0.2, 0) is 23.9 Å². The quantitative estimate of drug-likeness (QED) is 0.555. The van der Waals surface area contributed by atoms with E-state index in [1.165, 1.54) is 4.68 Å². The fourth-order valence-electron chi connectivity index (χ4n) is 6.89. The summed E-state index contributed by atoms with van der Waals surface area (Å²) in [5.41, 5.74) is -0.150. The second-order valence-electron chi connectivity index (χ2n) is 10.2. The van der Waals surface area contributed by atoms with Crippen LogP contribution in [0.25, 0.3) is 0 Å². The van der Waals surface area contributed by atoms with Gasteiger partial charge in [0.2, 0.25) is 11.2 Å². The molecule has 4 bridgehead atoms. The third-order valence-electron chi connectivity index (χ3n) is 7.76. The maximum Gasteiger partial charge on any atom is 0.274 e. The molecule has 11 heteroatoms. The Bertz CT molecular complexity index is 1230. The summed E-state index contributed by atoms with van der Waals surface area (Å²) in [7, 11) is 1.73. The normalized spacial score (nSPS) is 29.4. The van der Waals surface area contributed by atoms with Gasteiger partial charge in [-0.2, -0.15) is 5.10 Å². The molecule has 0 spiro atoms. The molecule has 0 aromatic carbocycles. The molecule has 4 aliphatic rings. The number of nitrogens with zero attached hydrogens (tertiary/aromatic N) is 5. The van der Waals surface area contributed by atoms with Gasteiger partial charge in [-0.3, -0.25) is 14.3 Å². The Kier molecular flexibility index (Phi) is 4.84. The molecule has 2 N–H and O–H groups in total. The van der Waals surface area contributed by atoms with Gasteiger partial charge in [-0.05, 0) is 74.1 Å². The zero-order valence-electron chi connectivity index (χ0n) is 18.8. The highest BCUT2D eigenvalue weighted by Gasteiger charge is 2.61. The van der Waals surface area contributed by atoms with Crippen LogP contribution in [0.1, 0.15) is 54.8 Å². The van der Waals surface area contributed by atoms with Crippen molar-refractivity contribution in [1.29, 1.82) is 0 Å². The van der Waals surface area contributed by atoms with E-state index in [1.807, 2.05) is 4.68 Å². The fraction of sp³-hybridized carbons (Fsp3) is 0.522. The molecule has 2 atom stereocenters. The number of anilines is 1. The predicted octanol–water partition coefficient (Wildman–Crippen LogP) is 3.12. The van der Waals surface area contributed by atoms with Gasteiger partial charge in [0, 0.05) is 13.2 Å². The minimum absolute atomic E-state index is 0.0507. The molecule has 7 rings (SSSR count). The van der Waals surface area contributed by atoms with Crippen molar-refractivity contribution in [3.63, 3.8) is 0 Å². The van der Waals surface area contributed by atoms with Crippen molar-refractivity contribution >= 4 is 29.1 Å². The number of amides is 2. The molecular weight excluding hydrogens is 458 g/mol. The first kappa shape index (κ1) is 21.4. The van der Waals surface area contributed by atoms with Gasteiger partial charge in [-0.15, -0.1) is 5.10 Å². The lowest BCUT2D eigenvalue weighted by Gasteiger charge is -2.60. The standard InChI is InChI=1S/C23H26ClN7O3/c1-30-11-17(18(28-30)19(32)25-10-16-3-2-4-34-16)27-20(33)22-6-14-5-15(7-22)9-23(8-14,12-22)31-13-26-21(24)29-31/h2-4,11,13-15H,5-10,12H2,1H3,(H,25,32)(H,27,33). The summed E-state index contributed by atoms with van der Waals surface area (Å²) in [6.07, 6.45) is 10.4. The van der Waals surface area contributed by atoms with Crippen LogP contribution in [0.15, 0.2) is 35.3 Å². The van der Waals surface area contributed by atoms with E-state index in [-0.39, 0.29) is 34.9 Å². The van der Waals surface area contributed by atoms with Gasteiger partial charge in [-0.25, -0.2) is 9.67 Å².